The van der Waals surface area contributed by atoms with Crippen LogP contribution >= 0.6 is 0 Å². The second-order valence-electron chi connectivity index (χ2n) is 5.86. The highest BCUT2D eigenvalue weighted by Gasteiger charge is 2.22. The number of carbonyl (C=O) groups excluding carboxylic acids is 1. The van der Waals surface area contributed by atoms with Crippen molar-refractivity contribution in [2.45, 2.75) is 46.1 Å². The van der Waals surface area contributed by atoms with E-state index in [0.29, 0.717) is 6.04 Å². The molecule has 1 atom stereocenters. The van der Waals surface area contributed by atoms with Gasteiger partial charge >= 0.3 is 0 Å². The summed E-state index contributed by atoms with van der Waals surface area (Å²) in [4.78, 5) is 14.8. The Kier molecular flexibility index (Phi) is 5.18. The average molecular weight is 274 g/mol. The molecule has 3 heteroatoms. The van der Waals surface area contributed by atoms with Crippen molar-refractivity contribution >= 4 is 5.91 Å². The number of carbonyl (C=O) groups is 1. The number of amides is 1. The predicted molar refractivity (Wildman–Crippen MR) is 83.1 cm³/mol. The zero-order valence-electron chi connectivity index (χ0n) is 12.9. The first-order valence-electron chi connectivity index (χ1n) is 7.71. The van der Waals surface area contributed by atoms with Crippen molar-refractivity contribution in [3.63, 3.8) is 0 Å². The zero-order chi connectivity index (χ0) is 14.5. The first-order chi connectivity index (χ1) is 9.61. The van der Waals surface area contributed by atoms with Crippen LogP contribution < -0.4 is 5.32 Å². The lowest BCUT2D eigenvalue weighted by Gasteiger charge is -2.26. The maximum atomic E-state index is 12.8. The quantitative estimate of drug-likeness (QED) is 0.895. The van der Waals surface area contributed by atoms with Crippen molar-refractivity contribution in [2.75, 3.05) is 19.6 Å². The lowest BCUT2D eigenvalue weighted by Crippen LogP contribution is -2.41. The van der Waals surface area contributed by atoms with E-state index in [0.717, 1.165) is 37.2 Å². The summed E-state index contributed by atoms with van der Waals surface area (Å²) in [6.07, 6.45) is 3.41. The lowest BCUT2D eigenvalue weighted by atomic mass is 10.0. The molecule has 1 aliphatic rings. The normalized spacial score (nSPS) is 18.2. The summed E-state index contributed by atoms with van der Waals surface area (Å²) in [5.74, 6) is 0.179. The van der Waals surface area contributed by atoms with Gasteiger partial charge in [0.15, 0.2) is 0 Å². The van der Waals surface area contributed by atoms with Crippen LogP contribution in [0.4, 0.5) is 0 Å². The fourth-order valence-electron chi connectivity index (χ4n) is 2.95. The Bertz CT molecular complexity index is 464. The van der Waals surface area contributed by atoms with E-state index in [1.54, 1.807) is 0 Å². The van der Waals surface area contributed by atoms with Gasteiger partial charge in [-0.2, -0.15) is 0 Å². The molecule has 0 aromatic heterocycles. The summed E-state index contributed by atoms with van der Waals surface area (Å²) in [7, 11) is 0. The van der Waals surface area contributed by atoms with E-state index in [-0.39, 0.29) is 5.91 Å². The van der Waals surface area contributed by atoms with E-state index < -0.39 is 0 Å². The highest BCUT2D eigenvalue weighted by molar-refractivity contribution is 5.95. The van der Waals surface area contributed by atoms with Crippen molar-refractivity contribution < 1.29 is 4.79 Å². The Morgan fingerprint density at radius 2 is 2.20 bits per heavy atom. The van der Waals surface area contributed by atoms with E-state index in [1.165, 1.54) is 18.4 Å². The molecule has 0 aliphatic carbocycles. The van der Waals surface area contributed by atoms with Crippen LogP contribution in [-0.4, -0.2) is 36.5 Å². The summed E-state index contributed by atoms with van der Waals surface area (Å²) in [6, 6.07) is 6.55. The Morgan fingerprint density at radius 1 is 1.40 bits per heavy atom. The summed E-state index contributed by atoms with van der Waals surface area (Å²) >= 11 is 0. The third-order valence-corrected chi connectivity index (χ3v) is 4.00. The third-order valence-electron chi connectivity index (χ3n) is 4.00. The maximum absolute atomic E-state index is 12.8. The molecule has 1 amide bonds. The predicted octanol–water partition coefficient (Wildman–Crippen LogP) is 2.91. The van der Waals surface area contributed by atoms with Gasteiger partial charge in [-0.15, -0.1) is 0 Å². The highest BCUT2D eigenvalue weighted by Crippen LogP contribution is 2.15. The molecular formula is C17H26N2O. The van der Waals surface area contributed by atoms with Gasteiger partial charge in [0, 0.05) is 24.7 Å². The van der Waals surface area contributed by atoms with Gasteiger partial charge in [-0.1, -0.05) is 24.6 Å². The molecule has 0 radical (unpaired) electrons. The molecule has 20 heavy (non-hydrogen) atoms. The molecule has 1 aliphatic heterocycles. The molecule has 1 saturated heterocycles. The van der Waals surface area contributed by atoms with Crippen LogP contribution in [0.3, 0.4) is 0 Å². The Labute approximate surface area is 122 Å². The molecule has 3 nitrogen and oxygen atoms in total. The van der Waals surface area contributed by atoms with E-state index in [4.69, 9.17) is 0 Å². The molecule has 1 aromatic carbocycles. The summed E-state index contributed by atoms with van der Waals surface area (Å²) in [6.45, 7) is 8.97. The van der Waals surface area contributed by atoms with Crippen LogP contribution in [0.25, 0.3) is 0 Å². The number of benzene rings is 1. The van der Waals surface area contributed by atoms with E-state index >= 15 is 0 Å². The Morgan fingerprint density at radius 3 is 2.80 bits per heavy atom. The van der Waals surface area contributed by atoms with Gasteiger partial charge in [-0.25, -0.2) is 0 Å². The van der Waals surface area contributed by atoms with Crippen molar-refractivity contribution in [2.24, 2.45) is 0 Å². The second kappa shape index (κ2) is 6.89. The fraction of sp³-hybridized carbons (Fsp3) is 0.588. The van der Waals surface area contributed by atoms with Crippen molar-refractivity contribution in [1.82, 2.24) is 10.2 Å². The summed E-state index contributed by atoms with van der Waals surface area (Å²) < 4.78 is 0. The van der Waals surface area contributed by atoms with Gasteiger partial charge in [-0.05, 0) is 51.3 Å². The van der Waals surface area contributed by atoms with Crippen molar-refractivity contribution in [3.05, 3.63) is 34.9 Å². The first kappa shape index (κ1) is 15.0. The molecule has 0 bridgehead atoms. The number of hydrogen-bond acceptors (Lipinski definition) is 2. The number of aryl methyl sites for hydroxylation is 2. The van der Waals surface area contributed by atoms with Crippen LogP contribution in [0.15, 0.2) is 18.2 Å². The van der Waals surface area contributed by atoms with E-state index in [9.17, 15) is 4.79 Å². The van der Waals surface area contributed by atoms with Crippen LogP contribution in [-0.2, 0) is 0 Å². The summed E-state index contributed by atoms with van der Waals surface area (Å²) in [5.41, 5.74) is 3.14. The molecule has 1 N–H and O–H groups in total. The molecular weight excluding hydrogens is 248 g/mol. The van der Waals surface area contributed by atoms with Crippen molar-refractivity contribution in [3.8, 4) is 0 Å². The van der Waals surface area contributed by atoms with Gasteiger partial charge in [0.2, 0.25) is 0 Å². The van der Waals surface area contributed by atoms with Crippen LogP contribution in [0.5, 0.6) is 0 Å². The second-order valence-corrected chi connectivity index (χ2v) is 5.86. The molecule has 0 saturated carbocycles. The smallest absolute Gasteiger partial charge is 0.254 e. The average Bonchev–Trinajstić information content (AvgIpc) is 2.90. The minimum Gasteiger partial charge on any atom is -0.337 e. The minimum absolute atomic E-state index is 0.179. The highest BCUT2D eigenvalue weighted by atomic mass is 16.2. The van der Waals surface area contributed by atoms with Crippen LogP contribution in [0.2, 0.25) is 0 Å². The SMILES string of the molecule is CCCN(CC1CCCN1)C(=O)c1ccc(C)cc1C. The number of nitrogens with zero attached hydrogens (tertiary/aromatic N) is 1. The Balaban J connectivity index is 2.12. The Hall–Kier alpha value is -1.35. The largest absolute Gasteiger partial charge is 0.337 e. The number of nitrogens with one attached hydrogen (secondary N) is 1. The van der Waals surface area contributed by atoms with Gasteiger partial charge in [-0.3, -0.25) is 4.79 Å². The topological polar surface area (TPSA) is 32.3 Å². The number of rotatable bonds is 5. The number of hydrogen-bond donors (Lipinski definition) is 1. The van der Waals surface area contributed by atoms with Crippen molar-refractivity contribution in [1.29, 1.82) is 0 Å². The molecule has 0 spiro atoms. The fourth-order valence-corrected chi connectivity index (χ4v) is 2.95. The molecule has 1 heterocycles. The van der Waals surface area contributed by atoms with E-state index in [1.807, 2.05) is 24.0 Å². The molecule has 1 fully saturated rings. The van der Waals surface area contributed by atoms with Gasteiger partial charge in [0.05, 0.1) is 0 Å². The van der Waals surface area contributed by atoms with Gasteiger partial charge in [0.25, 0.3) is 5.91 Å². The zero-order valence-corrected chi connectivity index (χ0v) is 12.9. The van der Waals surface area contributed by atoms with Crippen LogP contribution in [0, 0.1) is 13.8 Å². The summed E-state index contributed by atoms with van der Waals surface area (Å²) in [5, 5.41) is 3.48. The van der Waals surface area contributed by atoms with Gasteiger partial charge < -0.3 is 10.2 Å². The molecule has 1 aromatic rings. The molecule has 1 unspecified atom stereocenters. The van der Waals surface area contributed by atoms with Gasteiger partial charge in [0.1, 0.15) is 0 Å². The third kappa shape index (κ3) is 3.60. The molecule has 2 rings (SSSR count). The standard InChI is InChI=1S/C17H26N2O/c1-4-10-19(12-15-6-5-9-18-15)17(20)16-8-7-13(2)11-14(16)3/h7-8,11,15,18H,4-6,9-10,12H2,1-3H3. The maximum Gasteiger partial charge on any atom is 0.254 e. The first-order valence-corrected chi connectivity index (χ1v) is 7.71. The van der Waals surface area contributed by atoms with E-state index in [2.05, 4.69) is 25.2 Å². The minimum atomic E-state index is 0.179. The molecule has 110 valence electrons. The van der Waals surface area contributed by atoms with Crippen LogP contribution in [0.1, 0.15) is 47.7 Å². The monoisotopic (exact) mass is 274 g/mol. The lowest BCUT2D eigenvalue weighted by molar-refractivity contribution is 0.0741.